The third-order valence-electron chi connectivity index (χ3n) is 2.05. The molecule has 1 rings (SSSR count). The van der Waals surface area contributed by atoms with E-state index in [-0.39, 0.29) is 5.75 Å². The van der Waals surface area contributed by atoms with Crippen molar-refractivity contribution in [3.8, 4) is 5.75 Å². The number of nitrogens with one attached hydrogen (secondary N) is 1. The molecule has 0 aromatic heterocycles. The van der Waals surface area contributed by atoms with Gasteiger partial charge >= 0.3 is 12.6 Å². The summed E-state index contributed by atoms with van der Waals surface area (Å²) in [6.07, 6.45) is 0.551. The van der Waals surface area contributed by atoms with Gasteiger partial charge in [-0.2, -0.15) is 13.9 Å². The van der Waals surface area contributed by atoms with Crippen LogP contribution in [0.1, 0.15) is 18.9 Å². The molecule has 1 aromatic carbocycles. The van der Waals surface area contributed by atoms with Crippen molar-refractivity contribution < 1.29 is 18.3 Å². The van der Waals surface area contributed by atoms with Crippen molar-refractivity contribution in [3.63, 3.8) is 0 Å². The van der Waals surface area contributed by atoms with Crippen molar-refractivity contribution in [2.45, 2.75) is 20.0 Å². The molecule has 0 aliphatic rings. The number of hydrogen-bond acceptors (Lipinski definition) is 3. The van der Waals surface area contributed by atoms with Crippen molar-refractivity contribution in [3.05, 3.63) is 29.8 Å². The number of urea groups is 1. The van der Waals surface area contributed by atoms with Crippen LogP contribution in [0.3, 0.4) is 0 Å². The minimum Gasteiger partial charge on any atom is -0.435 e. The molecule has 0 unspecified atom stereocenters. The van der Waals surface area contributed by atoms with Gasteiger partial charge in [0.1, 0.15) is 5.75 Å². The minimum absolute atomic E-state index is 0.0621. The van der Waals surface area contributed by atoms with Crippen LogP contribution in [0.2, 0.25) is 0 Å². The monoisotopic (exact) mass is 257 g/mol. The second-order valence-corrected chi connectivity index (χ2v) is 3.29. The third kappa shape index (κ3) is 4.36. The number of benzene rings is 1. The summed E-state index contributed by atoms with van der Waals surface area (Å²) in [6, 6.07) is 5.18. The van der Waals surface area contributed by atoms with E-state index >= 15 is 0 Å². The molecular weight excluding hydrogens is 244 g/mol. The number of alkyl halides is 2. The Morgan fingerprint density at radius 2 is 2.06 bits per heavy atom. The highest BCUT2D eigenvalue weighted by Crippen LogP contribution is 2.16. The van der Waals surface area contributed by atoms with E-state index in [9.17, 15) is 13.6 Å². The van der Waals surface area contributed by atoms with E-state index < -0.39 is 12.6 Å². The van der Waals surface area contributed by atoms with Crippen LogP contribution in [0.5, 0.6) is 5.75 Å². The Kier molecular flexibility index (Phi) is 5.04. The number of primary amides is 1. The summed E-state index contributed by atoms with van der Waals surface area (Å²) in [5.74, 6) is 0.0621. The van der Waals surface area contributed by atoms with Crippen LogP contribution < -0.4 is 15.9 Å². The lowest BCUT2D eigenvalue weighted by atomic mass is 10.1. The van der Waals surface area contributed by atoms with E-state index in [1.807, 2.05) is 6.92 Å². The molecule has 2 amide bonds. The van der Waals surface area contributed by atoms with Crippen molar-refractivity contribution in [1.29, 1.82) is 0 Å². The molecule has 0 atom stereocenters. The number of hydrazone groups is 1. The first-order chi connectivity index (χ1) is 8.52. The maximum atomic E-state index is 11.9. The maximum Gasteiger partial charge on any atom is 0.387 e. The highest BCUT2D eigenvalue weighted by molar-refractivity contribution is 6.00. The van der Waals surface area contributed by atoms with Crippen LogP contribution >= 0.6 is 0 Å². The number of halogens is 2. The predicted octanol–water partition coefficient (Wildman–Crippen LogP) is 2.07. The summed E-state index contributed by atoms with van der Waals surface area (Å²) in [7, 11) is 0. The van der Waals surface area contributed by atoms with Crippen LogP contribution in [-0.4, -0.2) is 18.4 Å². The number of carbonyl (C=O) groups excluding carboxylic acids is 1. The Morgan fingerprint density at radius 3 is 2.50 bits per heavy atom. The zero-order valence-electron chi connectivity index (χ0n) is 9.69. The molecule has 1 aromatic rings. The quantitative estimate of drug-likeness (QED) is 0.625. The van der Waals surface area contributed by atoms with E-state index in [0.717, 1.165) is 0 Å². The lowest BCUT2D eigenvalue weighted by Crippen LogP contribution is -2.25. The second-order valence-electron chi connectivity index (χ2n) is 3.29. The van der Waals surface area contributed by atoms with Crippen LogP contribution in [-0.2, 0) is 0 Å². The number of nitrogens with zero attached hydrogens (tertiary/aromatic N) is 1. The molecule has 3 N–H and O–H groups in total. The number of amides is 2. The number of carbonyl (C=O) groups is 1. The molecule has 0 heterocycles. The van der Waals surface area contributed by atoms with Crippen molar-refractivity contribution >= 4 is 11.7 Å². The molecule has 0 saturated carbocycles. The molecule has 0 aliphatic carbocycles. The number of nitrogens with two attached hydrogens (primary N) is 1. The first kappa shape index (κ1) is 13.9. The maximum absolute atomic E-state index is 11.9. The Bertz CT molecular complexity index is 432. The lowest BCUT2D eigenvalue weighted by Gasteiger charge is -2.07. The lowest BCUT2D eigenvalue weighted by molar-refractivity contribution is -0.0498. The highest BCUT2D eigenvalue weighted by atomic mass is 19.3. The van der Waals surface area contributed by atoms with E-state index in [4.69, 9.17) is 5.73 Å². The Morgan fingerprint density at radius 1 is 1.44 bits per heavy atom. The topological polar surface area (TPSA) is 76.7 Å². The summed E-state index contributed by atoms with van der Waals surface area (Å²) in [4.78, 5) is 10.5. The fraction of sp³-hybridized carbons (Fsp3) is 0.273. The van der Waals surface area contributed by atoms with Gasteiger partial charge in [0.05, 0.1) is 5.71 Å². The SMILES string of the molecule is CC/C(=N/NC(N)=O)c1ccc(OC(F)F)cc1. The van der Waals surface area contributed by atoms with Crippen LogP contribution in [0.25, 0.3) is 0 Å². The van der Waals surface area contributed by atoms with E-state index in [1.54, 1.807) is 12.1 Å². The predicted molar refractivity (Wildman–Crippen MR) is 62.6 cm³/mol. The van der Waals surface area contributed by atoms with Crippen molar-refractivity contribution in [2.75, 3.05) is 0 Å². The standard InChI is InChI=1S/C11H13F2N3O2/c1-2-9(15-16-11(14)17)7-3-5-8(6-4-7)18-10(12)13/h3-6,10H,2H2,1H3,(H3,14,16,17)/b15-9-. The van der Waals surface area contributed by atoms with Crippen molar-refractivity contribution in [2.24, 2.45) is 10.8 Å². The molecule has 0 bridgehead atoms. The second kappa shape index (κ2) is 6.53. The van der Waals surface area contributed by atoms with Crippen LogP contribution in [0.15, 0.2) is 29.4 Å². The molecule has 18 heavy (non-hydrogen) atoms. The van der Waals surface area contributed by atoms with Gasteiger partial charge < -0.3 is 10.5 Å². The number of rotatable bonds is 5. The van der Waals surface area contributed by atoms with Gasteiger partial charge in [-0.25, -0.2) is 10.2 Å². The molecule has 0 fully saturated rings. The van der Waals surface area contributed by atoms with Gasteiger partial charge in [0, 0.05) is 0 Å². The Hall–Kier alpha value is -2.18. The Balaban J connectivity index is 2.81. The zero-order valence-corrected chi connectivity index (χ0v) is 9.69. The third-order valence-corrected chi connectivity index (χ3v) is 2.05. The summed E-state index contributed by atoms with van der Waals surface area (Å²) >= 11 is 0. The highest BCUT2D eigenvalue weighted by Gasteiger charge is 2.06. The molecule has 0 spiro atoms. The van der Waals surface area contributed by atoms with Gasteiger partial charge in [0.25, 0.3) is 0 Å². The van der Waals surface area contributed by atoms with E-state index in [1.165, 1.54) is 12.1 Å². The molecule has 0 saturated heterocycles. The summed E-state index contributed by atoms with van der Waals surface area (Å²) in [6.45, 7) is -1.02. The van der Waals surface area contributed by atoms with Crippen LogP contribution in [0, 0.1) is 0 Å². The van der Waals surface area contributed by atoms with Crippen LogP contribution in [0.4, 0.5) is 13.6 Å². The van der Waals surface area contributed by atoms with Gasteiger partial charge in [-0.05, 0) is 36.2 Å². The molecule has 0 aliphatic heterocycles. The normalized spacial score (nSPS) is 11.4. The first-order valence-electron chi connectivity index (χ1n) is 5.20. The Labute approximate surface area is 103 Å². The van der Waals surface area contributed by atoms with Gasteiger partial charge in [0.2, 0.25) is 0 Å². The van der Waals surface area contributed by atoms with Gasteiger partial charge in [-0.15, -0.1) is 0 Å². The molecule has 98 valence electrons. The molecule has 5 nitrogen and oxygen atoms in total. The fourth-order valence-corrected chi connectivity index (χ4v) is 1.30. The number of hydrogen-bond donors (Lipinski definition) is 2. The fourth-order valence-electron chi connectivity index (χ4n) is 1.30. The smallest absolute Gasteiger partial charge is 0.387 e. The summed E-state index contributed by atoms with van der Waals surface area (Å²) in [5.41, 5.74) is 8.28. The van der Waals surface area contributed by atoms with E-state index in [2.05, 4.69) is 15.3 Å². The molecular formula is C11H13F2N3O2. The summed E-state index contributed by atoms with van der Waals surface area (Å²) in [5, 5.41) is 3.81. The van der Waals surface area contributed by atoms with Crippen molar-refractivity contribution in [1.82, 2.24) is 5.43 Å². The average molecular weight is 257 g/mol. The van der Waals surface area contributed by atoms with Gasteiger partial charge in [-0.3, -0.25) is 0 Å². The molecule has 0 radical (unpaired) electrons. The summed E-state index contributed by atoms with van der Waals surface area (Å²) < 4.78 is 28.1. The molecule has 7 heteroatoms. The zero-order chi connectivity index (χ0) is 13.5. The largest absolute Gasteiger partial charge is 0.435 e. The average Bonchev–Trinajstić information content (AvgIpc) is 2.31. The first-order valence-corrected chi connectivity index (χ1v) is 5.20. The van der Waals surface area contributed by atoms with Gasteiger partial charge in [-0.1, -0.05) is 6.92 Å². The minimum atomic E-state index is -2.85. The van der Waals surface area contributed by atoms with Gasteiger partial charge in [0.15, 0.2) is 0 Å². The van der Waals surface area contributed by atoms with E-state index in [0.29, 0.717) is 17.7 Å². The number of ether oxygens (including phenoxy) is 1.